The number of amides is 2. The topological polar surface area (TPSA) is 59.1 Å². The molecule has 2 aromatic carbocycles. The van der Waals surface area contributed by atoms with Gasteiger partial charge in [0.1, 0.15) is 6.54 Å². The van der Waals surface area contributed by atoms with E-state index in [9.17, 15) is 9.59 Å². The Hall–Kier alpha value is -2.84. The zero-order chi connectivity index (χ0) is 25.7. The van der Waals surface area contributed by atoms with E-state index >= 15 is 0 Å². The molecule has 3 aromatic rings. The second-order valence-corrected chi connectivity index (χ2v) is 11.1. The van der Waals surface area contributed by atoms with Gasteiger partial charge in [-0.2, -0.15) is 0 Å². The molecule has 1 aromatic heterocycles. The highest BCUT2D eigenvalue weighted by Gasteiger charge is 2.35. The average Bonchev–Trinajstić information content (AvgIpc) is 3.65. The number of thiophene rings is 1. The molecule has 2 amide bonds. The number of aryl methyl sites for hydroxylation is 1. The van der Waals surface area contributed by atoms with Gasteiger partial charge in [-0.05, 0) is 84.1 Å². The fourth-order valence-corrected chi connectivity index (χ4v) is 5.50. The highest BCUT2D eigenvalue weighted by Crippen LogP contribution is 2.31. The molecule has 1 heterocycles. The van der Waals surface area contributed by atoms with Gasteiger partial charge in [0.2, 0.25) is 5.91 Å². The van der Waals surface area contributed by atoms with Crippen LogP contribution in [0.5, 0.6) is 11.5 Å². The molecule has 0 radical (unpaired) electrons. The van der Waals surface area contributed by atoms with E-state index in [1.54, 1.807) is 36.5 Å². The van der Waals surface area contributed by atoms with Crippen molar-refractivity contribution in [3.8, 4) is 11.5 Å². The van der Waals surface area contributed by atoms with Gasteiger partial charge in [-0.15, -0.1) is 11.3 Å². The standard InChI is InChI=1S/C28H31BrN2O4S/c1-19-8-12-22(36-19)17-30(15-14-20-9-13-25(34-2)26(16-20)35-3)27(32)18-31(21-10-11-21)28(33)23-6-4-5-7-24(23)29/h4-9,12-13,16,21H,10-11,14-15,17-18H2,1-3H3. The van der Waals surface area contributed by atoms with Crippen LogP contribution in [0.2, 0.25) is 0 Å². The summed E-state index contributed by atoms with van der Waals surface area (Å²) in [4.78, 5) is 33.0. The predicted octanol–water partition coefficient (Wildman–Crippen LogP) is 5.71. The largest absolute Gasteiger partial charge is 0.493 e. The Morgan fingerprint density at radius 2 is 1.78 bits per heavy atom. The summed E-state index contributed by atoms with van der Waals surface area (Å²) < 4.78 is 11.5. The number of halogens is 1. The zero-order valence-electron chi connectivity index (χ0n) is 20.8. The lowest BCUT2D eigenvalue weighted by Gasteiger charge is -2.28. The van der Waals surface area contributed by atoms with Crippen molar-refractivity contribution in [2.45, 2.75) is 38.8 Å². The Balaban J connectivity index is 1.51. The van der Waals surface area contributed by atoms with E-state index in [0.717, 1.165) is 27.8 Å². The molecule has 4 rings (SSSR count). The second-order valence-electron chi connectivity index (χ2n) is 8.91. The molecule has 1 aliphatic rings. The molecular weight excluding hydrogens is 540 g/mol. The molecule has 0 aliphatic heterocycles. The summed E-state index contributed by atoms with van der Waals surface area (Å²) in [5.41, 5.74) is 1.64. The van der Waals surface area contributed by atoms with E-state index in [1.165, 1.54) is 4.88 Å². The second kappa shape index (κ2) is 11.9. The first-order valence-corrected chi connectivity index (χ1v) is 13.6. The van der Waals surface area contributed by atoms with Gasteiger partial charge in [-0.3, -0.25) is 9.59 Å². The van der Waals surface area contributed by atoms with E-state index in [1.807, 2.05) is 41.3 Å². The molecule has 0 bridgehead atoms. The molecule has 36 heavy (non-hydrogen) atoms. The molecule has 0 atom stereocenters. The summed E-state index contributed by atoms with van der Waals surface area (Å²) >= 11 is 5.18. The van der Waals surface area contributed by atoms with Crippen LogP contribution in [-0.2, 0) is 17.8 Å². The minimum Gasteiger partial charge on any atom is -0.493 e. The lowest BCUT2D eigenvalue weighted by molar-refractivity contribution is -0.132. The van der Waals surface area contributed by atoms with Crippen LogP contribution in [0, 0.1) is 6.92 Å². The predicted molar refractivity (Wildman–Crippen MR) is 146 cm³/mol. The summed E-state index contributed by atoms with van der Waals surface area (Å²) in [6, 6.07) is 17.5. The van der Waals surface area contributed by atoms with Crippen LogP contribution < -0.4 is 9.47 Å². The highest BCUT2D eigenvalue weighted by molar-refractivity contribution is 9.10. The Bertz CT molecular complexity index is 1220. The SMILES string of the molecule is COc1ccc(CCN(Cc2ccc(C)s2)C(=O)CN(C(=O)c2ccccc2Br)C2CC2)cc1OC. The number of benzene rings is 2. The van der Waals surface area contributed by atoms with Crippen molar-refractivity contribution in [3.05, 3.63) is 80.0 Å². The number of methoxy groups -OCH3 is 2. The van der Waals surface area contributed by atoms with Gasteiger partial charge in [0.05, 0.1) is 26.3 Å². The fourth-order valence-electron chi connectivity index (χ4n) is 4.14. The number of nitrogens with zero attached hydrogens (tertiary/aromatic N) is 2. The first-order chi connectivity index (χ1) is 17.4. The van der Waals surface area contributed by atoms with E-state index in [2.05, 4.69) is 35.0 Å². The highest BCUT2D eigenvalue weighted by atomic mass is 79.9. The third-order valence-electron chi connectivity index (χ3n) is 6.27. The normalized spacial score (nSPS) is 12.8. The van der Waals surface area contributed by atoms with Crippen molar-refractivity contribution in [2.24, 2.45) is 0 Å². The quantitative estimate of drug-likeness (QED) is 0.296. The molecule has 0 saturated heterocycles. The molecule has 190 valence electrons. The number of carbonyl (C=O) groups excluding carboxylic acids is 2. The minimum absolute atomic E-state index is 0.0474. The van der Waals surface area contributed by atoms with Crippen LogP contribution in [0.3, 0.4) is 0 Å². The Kier molecular flexibility index (Phi) is 8.69. The van der Waals surface area contributed by atoms with Crippen LogP contribution >= 0.6 is 27.3 Å². The zero-order valence-corrected chi connectivity index (χ0v) is 23.2. The molecule has 6 nitrogen and oxygen atoms in total. The molecule has 8 heteroatoms. The lowest BCUT2D eigenvalue weighted by Crippen LogP contribution is -2.44. The van der Waals surface area contributed by atoms with Crippen LogP contribution in [0.1, 0.15) is 38.5 Å². The number of hydrogen-bond acceptors (Lipinski definition) is 5. The lowest BCUT2D eigenvalue weighted by atomic mass is 10.1. The van der Waals surface area contributed by atoms with Crippen LogP contribution in [0.25, 0.3) is 0 Å². The average molecular weight is 572 g/mol. The summed E-state index contributed by atoms with van der Waals surface area (Å²) in [5.74, 6) is 1.19. The maximum atomic E-state index is 13.6. The molecule has 0 unspecified atom stereocenters. The Morgan fingerprint density at radius 3 is 2.42 bits per heavy atom. The van der Waals surface area contributed by atoms with E-state index in [0.29, 0.717) is 36.6 Å². The first kappa shape index (κ1) is 26.2. The number of ether oxygens (including phenoxy) is 2. The van der Waals surface area contributed by atoms with Crippen molar-refractivity contribution < 1.29 is 19.1 Å². The van der Waals surface area contributed by atoms with Crippen LogP contribution in [0.4, 0.5) is 0 Å². The van der Waals surface area contributed by atoms with Crippen molar-refractivity contribution in [3.63, 3.8) is 0 Å². The van der Waals surface area contributed by atoms with Crippen LogP contribution in [0.15, 0.2) is 59.1 Å². The van der Waals surface area contributed by atoms with Gasteiger partial charge in [-0.1, -0.05) is 18.2 Å². The van der Waals surface area contributed by atoms with E-state index in [-0.39, 0.29) is 24.4 Å². The summed E-state index contributed by atoms with van der Waals surface area (Å²) in [7, 11) is 3.23. The maximum absolute atomic E-state index is 13.6. The molecule has 0 N–H and O–H groups in total. The summed E-state index contributed by atoms with van der Waals surface area (Å²) in [5, 5.41) is 0. The molecule has 1 fully saturated rings. The summed E-state index contributed by atoms with van der Waals surface area (Å²) in [6.07, 6.45) is 2.52. The molecule has 0 spiro atoms. The number of hydrogen-bond donors (Lipinski definition) is 0. The van der Waals surface area contributed by atoms with Crippen LogP contribution in [-0.4, -0.2) is 55.0 Å². The van der Waals surface area contributed by atoms with Gasteiger partial charge in [0.15, 0.2) is 11.5 Å². The molecule has 1 aliphatic carbocycles. The van der Waals surface area contributed by atoms with Crippen molar-refractivity contribution in [2.75, 3.05) is 27.3 Å². The smallest absolute Gasteiger partial charge is 0.255 e. The maximum Gasteiger partial charge on any atom is 0.255 e. The summed E-state index contributed by atoms with van der Waals surface area (Å²) in [6.45, 7) is 3.19. The fraction of sp³-hybridized carbons (Fsp3) is 0.357. The van der Waals surface area contributed by atoms with Crippen molar-refractivity contribution in [1.29, 1.82) is 0 Å². The van der Waals surface area contributed by atoms with Crippen molar-refractivity contribution >= 4 is 39.1 Å². The monoisotopic (exact) mass is 570 g/mol. The first-order valence-electron chi connectivity index (χ1n) is 12.0. The molecular formula is C28H31BrN2O4S. The number of rotatable bonds is 11. The Labute approximate surface area is 224 Å². The van der Waals surface area contributed by atoms with Gasteiger partial charge >= 0.3 is 0 Å². The third kappa shape index (κ3) is 6.48. The van der Waals surface area contributed by atoms with Crippen molar-refractivity contribution in [1.82, 2.24) is 9.80 Å². The minimum atomic E-state index is -0.106. The third-order valence-corrected chi connectivity index (χ3v) is 7.95. The molecule has 1 saturated carbocycles. The van der Waals surface area contributed by atoms with Gasteiger partial charge < -0.3 is 19.3 Å². The van der Waals surface area contributed by atoms with Gasteiger partial charge in [0, 0.05) is 26.8 Å². The van der Waals surface area contributed by atoms with Gasteiger partial charge in [-0.25, -0.2) is 0 Å². The van der Waals surface area contributed by atoms with E-state index in [4.69, 9.17) is 9.47 Å². The van der Waals surface area contributed by atoms with E-state index < -0.39 is 0 Å². The number of carbonyl (C=O) groups is 2. The Morgan fingerprint density at radius 1 is 1.03 bits per heavy atom. The van der Waals surface area contributed by atoms with Gasteiger partial charge in [0.25, 0.3) is 5.91 Å².